The molecule has 5 nitrogen and oxygen atoms in total. The number of aliphatic carboxylic acids is 2. The summed E-state index contributed by atoms with van der Waals surface area (Å²) in [5.41, 5.74) is -2.49. The number of hydrogen-bond donors (Lipinski definition) is 2. The fraction of sp³-hybridized carbons (Fsp3) is 0.800. The number of fused-ring (bicyclic) bond motifs is 1. The van der Waals surface area contributed by atoms with Crippen LogP contribution in [0.15, 0.2) is 12.7 Å². The van der Waals surface area contributed by atoms with Crippen LogP contribution in [-0.2, 0) is 14.3 Å². The molecule has 0 aromatic heterocycles. The van der Waals surface area contributed by atoms with Crippen molar-refractivity contribution in [2.45, 2.75) is 77.9 Å². The molecule has 1 aliphatic heterocycles. The van der Waals surface area contributed by atoms with Crippen molar-refractivity contribution in [1.29, 1.82) is 0 Å². The Balaban J connectivity index is 2.49. The molecule has 2 aliphatic rings. The molecule has 0 radical (unpaired) electrons. The Morgan fingerprint density at radius 2 is 1.80 bits per heavy atom. The highest BCUT2D eigenvalue weighted by Gasteiger charge is 2.62. The molecule has 5 heteroatoms. The quantitative estimate of drug-likeness (QED) is 0.727. The maximum atomic E-state index is 11.9. The van der Waals surface area contributed by atoms with E-state index in [1.165, 1.54) is 0 Å². The number of hydrogen-bond acceptors (Lipinski definition) is 3. The highest BCUT2D eigenvalue weighted by atomic mass is 16.5. The highest BCUT2D eigenvalue weighted by Crippen LogP contribution is 2.62. The van der Waals surface area contributed by atoms with Crippen LogP contribution in [0.2, 0.25) is 0 Å². The summed E-state index contributed by atoms with van der Waals surface area (Å²) >= 11 is 0. The minimum absolute atomic E-state index is 0.00139. The second kappa shape index (κ2) is 6.11. The number of carboxylic acid groups (broad SMARTS) is 2. The molecule has 2 rings (SSSR count). The van der Waals surface area contributed by atoms with Gasteiger partial charge in [-0.2, -0.15) is 0 Å². The normalized spacial score (nSPS) is 41.6. The molecule has 142 valence electrons. The van der Waals surface area contributed by atoms with Crippen LogP contribution in [0, 0.1) is 22.7 Å². The minimum atomic E-state index is -0.981. The molecule has 0 amide bonds. The van der Waals surface area contributed by atoms with E-state index in [4.69, 9.17) is 4.74 Å². The van der Waals surface area contributed by atoms with Gasteiger partial charge >= 0.3 is 11.9 Å². The molecule has 1 aliphatic carbocycles. The summed E-state index contributed by atoms with van der Waals surface area (Å²) in [5, 5.41) is 19.3. The zero-order valence-electron chi connectivity index (χ0n) is 16.1. The van der Waals surface area contributed by atoms with E-state index in [0.717, 1.165) is 19.3 Å². The largest absolute Gasteiger partial charge is 0.481 e. The molecule has 0 bridgehead atoms. The van der Waals surface area contributed by atoms with E-state index in [9.17, 15) is 19.8 Å². The zero-order chi connectivity index (χ0) is 19.3. The third-order valence-electron chi connectivity index (χ3n) is 7.04. The topological polar surface area (TPSA) is 83.8 Å². The van der Waals surface area contributed by atoms with Crippen LogP contribution in [0.3, 0.4) is 0 Å². The lowest BCUT2D eigenvalue weighted by Gasteiger charge is -2.62. The molecule has 25 heavy (non-hydrogen) atoms. The smallest absolute Gasteiger partial charge is 0.309 e. The SMILES string of the molecule is C=C[C@@]1(C)CCC2[C@](C)(CC(=O)O)C(C(C)(C)C(=O)O)CC[C@]2(C)O1. The molecule has 1 saturated heterocycles. The number of carbonyl (C=O) groups is 2. The second-order valence-electron chi connectivity index (χ2n) is 9.22. The Hall–Kier alpha value is -1.36. The van der Waals surface area contributed by atoms with E-state index in [0.29, 0.717) is 6.42 Å². The van der Waals surface area contributed by atoms with Crippen LogP contribution in [0.5, 0.6) is 0 Å². The van der Waals surface area contributed by atoms with Gasteiger partial charge in [0.05, 0.1) is 23.0 Å². The minimum Gasteiger partial charge on any atom is -0.481 e. The van der Waals surface area contributed by atoms with Crippen molar-refractivity contribution in [2.75, 3.05) is 0 Å². The van der Waals surface area contributed by atoms with Gasteiger partial charge in [-0.1, -0.05) is 13.0 Å². The standard InChI is InChI=1S/C20H32O5/c1-7-18(4)10-8-14-19(5,12-15(21)22)13(17(2,3)16(23)24)9-11-20(14,6)25-18/h7,13-14H,1,8-12H2,2-6H3,(H,21,22)(H,23,24)/t13?,14?,18-,19+,20-/m0/s1. The zero-order valence-corrected chi connectivity index (χ0v) is 16.1. The van der Waals surface area contributed by atoms with E-state index in [1.807, 2.05) is 19.9 Å². The maximum absolute atomic E-state index is 11.9. The molecular formula is C20H32O5. The summed E-state index contributed by atoms with van der Waals surface area (Å²) in [6.07, 6.45) is 4.75. The van der Waals surface area contributed by atoms with Gasteiger partial charge in [0.25, 0.3) is 0 Å². The van der Waals surface area contributed by atoms with Gasteiger partial charge in [-0.05, 0) is 70.6 Å². The van der Waals surface area contributed by atoms with Crippen molar-refractivity contribution < 1.29 is 24.5 Å². The average Bonchev–Trinajstić information content (AvgIpc) is 2.44. The van der Waals surface area contributed by atoms with Crippen molar-refractivity contribution >= 4 is 11.9 Å². The summed E-state index contributed by atoms with van der Waals surface area (Å²) in [7, 11) is 0. The molecule has 1 heterocycles. The van der Waals surface area contributed by atoms with Crippen molar-refractivity contribution in [3.63, 3.8) is 0 Å². The van der Waals surface area contributed by atoms with Gasteiger partial charge in [0.15, 0.2) is 0 Å². The summed E-state index contributed by atoms with van der Waals surface area (Å²) in [4.78, 5) is 23.6. The highest BCUT2D eigenvalue weighted by molar-refractivity contribution is 5.75. The fourth-order valence-electron chi connectivity index (χ4n) is 5.70. The van der Waals surface area contributed by atoms with Crippen molar-refractivity contribution in [3.05, 3.63) is 12.7 Å². The average molecular weight is 352 g/mol. The third-order valence-corrected chi connectivity index (χ3v) is 7.04. The number of carboxylic acids is 2. The van der Waals surface area contributed by atoms with Gasteiger partial charge in [-0.15, -0.1) is 6.58 Å². The molecule has 2 N–H and O–H groups in total. The van der Waals surface area contributed by atoms with Crippen LogP contribution in [0.1, 0.15) is 66.7 Å². The summed E-state index contributed by atoms with van der Waals surface area (Å²) in [6.45, 7) is 13.4. The van der Waals surface area contributed by atoms with Gasteiger partial charge in [0.2, 0.25) is 0 Å². The van der Waals surface area contributed by atoms with E-state index < -0.39 is 34.0 Å². The van der Waals surface area contributed by atoms with Crippen LogP contribution in [0.25, 0.3) is 0 Å². The van der Waals surface area contributed by atoms with Gasteiger partial charge in [-0.3, -0.25) is 9.59 Å². The first-order chi connectivity index (χ1) is 11.3. The lowest BCUT2D eigenvalue weighted by atomic mass is 9.47. The molecule has 1 saturated carbocycles. The van der Waals surface area contributed by atoms with Crippen molar-refractivity contribution in [1.82, 2.24) is 0 Å². The Morgan fingerprint density at radius 1 is 1.20 bits per heavy atom. The van der Waals surface area contributed by atoms with Crippen LogP contribution >= 0.6 is 0 Å². The van der Waals surface area contributed by atoms with Crippen LogP contribution < -0.4 is 0 Å². The maximum Gasteiger partial charge on any atom is 0.309 e. The van der Waals surface area contributed by atoms with E-state index in [1.54, 1.807) is 13.8 Å². The Kier molecular flexibility index (Phi) is 4.88. The Labute approximate surface area is 150 Å². The molecule has 2 fully saturated rings. The molecule has 0 aromatic carbocycles. The van der Waals surface area contributed by atoms with E-state index in [2.05, 4.69) is 13.5 Å². The third kappa shape index (κ3) is 3.23. The monoisotopic (exact) mass is 352 g/mol. The van der Waals surface area contributed by atoms with Crippen molar-refractivity contribution in [3.8, 4) is 0 Å². The van der Waals surface area contributed by atoms with Gasteiger partial charge in [0.1, 0.15) is 0 Å². The summed E-state index contributed by atoms with van der Waals surface area (Å²) < 4.78 is 6.45. The predicted octanol–water partition coefficient (Wildman–Crippen LogP) is 4.12. The molecule has 5 atom stereocenters. The van der Waals surface area contributed by atoms with Crippen LogP contribution in [-0.4, -0.2) is 33.4 Å². The van der Waals surface area contributed by atoms with E-state index >= 15 is 0 Å². The Morgan fingerprint density at radius 3 is 2.28 bits per heavy atom. The second-order valence-corrected chi connectivity index (χ2v) is 9.22. The first kappa shape index (κ1) is 20.0. The lowest BCUT2D eigenvalue weighted by Crippen LogP contribution is -2.62. The molecule has 0 aromatic rings. The molecular weight excluding hydrogens is 320 g/mol. The lowest BCUT2D eigenvalue weighted by molar-refractivity contribution is -0.247. The fourth-order valence-corrected chi connectivity index (χ4v) is 5.70. The molecule has 0 spiro atoms. The van der Waals surface area contributed by atoms with Gasteiger partial charge in [-0.25, -0.2) is 0 Å². The summed E-state index contributed by atoms with van der Waals surface area (Å²) in [6, 6.07) is 0. The van der Waals surface area contributed by atoms with E-state index in [-0.39, 0.29) is 18.3 Å². The number of ether oxygens (including phenoxy) is 1. The molecule has 2 unspecified atom stereocenters. The van der Waals surface area contributed by atoms with Gasteiger partial charge in [0, 0.05) is 0 Å². The van der Waals surface area contributed by atoms with Crippen LogP contribution in [0.4, 0.5) is 0 Å². The number of rotatable bonds is 5. The van der Waals surface area contributed by atoms with Crippen molar-refractivity contribution in [2.24, 2.45) is 22.7 Å². The Bertz CT molecular complexity index is 583. The predicted molar refractivity (Wildman–Crippen MR) is 95.3 cm³/mol. The first-order valence-corrected chi connectivity index (χ1v) is 9.10. The summed E-state index contributed by atoms with van der Waals surface area (Å²) in [5.74, 6) is -1.97. The van der Waals surface area contributed by atoms with Gasteiger partial charge < -0.3 is 14.9 Å². The first-order valence-electron chi connectivity index (χ1n) is 9.10.